The van der Waals surface area contributed by atoms with Crippen LogP contribution in [0.1, 0.15) is 6.92 Å². The van der Waals surface area contributed by atoms with Gasteiger partial charge in [0.25, 0.3) is 0 Å². The third-order valence-electron chi connectivity index (χ3n) is 0.840. The summed E-state index contributed by atoms with van der Waals surface area (Å²) < 4.78 is 0.662. The van der Waals surface area contributed by atoms with E-state index in [-0.39, 0.29) is 0 Å². The highest BCUT2D eigenvalue weighted by molar-refractivity contribution is 14.1. The maximum atomic E-state index is 10.1. The van der Waals surface area contributed by atoms with Gasteiger partial charge in [-0.2, -0.15) is 0 Å². The highest BCUT2D eigenvalue weighted by atomic mass is 127. The van der Waals surface area contributed by atoms with Crippen molar-refractivity contribution < 1.29 is 9.90 Å². The van der Waals surface area contributed by atoms with Crippen LogP contribution in [0.3, 0.4) is 0 Å². The number of halogens is 1. The molecule has 0 aliphatic heterocycles. The SMILES string of the molecule is C=C(I)C(C)C(=O)O. The van der Waals surface area contributed by atoms with Crippen molar-refractivity contribution >= 4 is 28.6 Å². The summed E-state index contributed by atoms with van der Waals surface area (Å²) in [5.41, 5.74) is 0. The van der Waals surface area contributed by atoms with E-state index < -0.39 is 11.9 Å². The quantitative estimate of drug-likeness (QED) is 0.727. The standard InChI is InChI=1S/C5H7IO2/c1-3(4(2)6)5(7)8/h3H,2H2,1H3,(H,7,8). The highest BCUT2D eigenvalue weighted by Crippen LogP contribution is 2.14. The second-order valence-corrected chi connectivity index (χ2v) is 2.89. The molecule has 0 aromatic rings. The lowest BCUT2D eigenvalue weighted by Crippen LogP contribution is -2.07. The lowest BCUT2D eigenvalue weighted by Gasteiger charge is -1.99. The molecule has 0 rings (SSSR count). The second kappa shape index (κ2) is 3.06. The van der Waals surface area contributed by atoms with E-state index >= 15 is 0 Å². The molecule has 0 saturated carbocycles. The van der Waals surface area contributed by atoms with Crippen LogP contribution in [0.25, 0.3) is 0 Å². The summed E-state index contributed by atoms with van der Waals surface area (Å²) >= 11 is 1.91. The van der Waals surface area contributed by atoms with Crippen LogP contribution in [0.2, 0.25) is 0 Å². The van der Waals surface area contributed by atoms with E-state index in [4.69, 9.17) is 5.11 Å². The number of carboxylic acids is 1. The monoisotopic (exact) mass is 226 g/mol. The van der Waals surface area contributed by atoms with Gasteiger partial charge in [0.1, 0.15) is 0 Å². The molecule has 0 amide bonds. The van der Waals surface area contributed by atoms with Gasteiger partial charge in [-0.15, -0.1) is 0 Å². The summed E-state index contributed by atoms with van der Waals surface area (Å²) in [5.74, 6) is -1.24. The van der Waals surface area contributed by atoms with Crippen LogP contribution in [0.4, 0.5) is 0 Å². The number of hydrogen-bond donors (Lipinski definition) is 1. The van der Waals surface area contributed by atoms with Crippen LogP contribution in [0, 0.1) is 5.92 Å². The van der Waals surface area contributed by atoms with Gasteiger partial charge in [-0.1, -0.05) is 6.58 Å². The van der Waals surface area contributed by atoms with E-state index in [0.717, 1.165) is 0 Å². The van der Waals surface area contributed by atoms with Gasteiger partial charge in [-0.25, -0.2) is 0 Å². The molecular formula is C5H7IO2. The van der Waals surface area contributed by atoms with Crippen LogP contribution in [0.15, 0.2) is 10.2 Å². The first-order chi connectivity index (χ1) is 3.55. The summed E-state index contributed by atoms with van der Waals surface area (Å²) in [7, 11) is 0. The van der Waals surface area contributed by atoms with Crippen LogP contribution in [0.5, 0.6) is 0 Å². The maximum absolute atomic E-state index is 10.1. The minimum Gasteiger partial charge on any atom is -0.481 e. The van der Waals surface area contributed by atoms with E-state index in [9.17, 15) is 4.79 Å². The topological polar surface area (TPSA) is 37.3 Å². The average Bonchev–Trinajstić information content (AvgIpc) is 1.64. The normalized spacial score (nSPS) is 12.8. The van der Waals surface area contributed by atoms with Gasteiger partial charge >= 0.3 is 5.97 Å². The van der Waals surface area contributed by atoms with E-state index in [1.165, 1.54) is 0 Å². The number of rotatable bonds is 2. The molecule has 8 heavy (non-hydrogen) atoms. The Hall–Kier alpha value is -0.0600. The predicted molar refractivity (Wildman–Crippen MR) is 40.0 cm³/mol. The third kappa shape index (κ3) is 2.30. The van der Waals surface area contributed by atoms with Gasteiger partial charge in [0, 0.05) is 0 Å². The van der Waals surface area contributed by atoms with Gasteiger partial charge < -0.3 is 5.11 Å². The molecule has 46 valence electrons. The summed E-state index contributed by atoms with van der Waals surface area (Å²) in [6, 6.07) is 0. The summed E-state index contributed by atoms with van der Waals surface area (Å²) in [6.45, 7) is 5.09. The van der Waals surface area contributed by atoms with Crippen molar-refractivity contribution in [3.63, 3.8) is 0 Å². The second-order valence-electron chi connectivity index (χ2n) is 1.51. The molecule has 0 radical (unpaired) electrons. The lowest BCUT2D eigenvalue weighted by molar-refractivity contribution is -0.139. The highest BCUT2D eigenvalue weighted by Gasteiger charge is 2.10. The Morgan fingerprint density at radius 1 is 1.88 bits per heavy atom. The summed E-state index contributed by atoms with van der Waals surface area (Å²) in [5, 5.41) is 8.29. The Kier molecular flexibility index (Phi) is 3.04. The molecule has 0 aromatic carbocycles. The molecule has 3 heteroatoms. The van der Waals surface area contributed by atoms with Crippen LogP contribution < -0.4 is 0 Å². The van der Waals surface area contributed by atoms with E-state index in [0.29, 0.717) is 3.58 Å². The molecule has 1 unspecified atom stereocenters. The Morgan fingerprint density at radius 2 is 2.25 bits per heavy atom. The van der Waals surface area contributed by atoms with Gasteiger partial charge in [-0.05, 0) is 33.1 Å². The fraction of sp³-hybridized carbons (Fsp3) is 0.400. The Balaban J connectivity index is 3.83. The van der Waals surface area contributed by atoms with Gasteiger partial charge in [0.05, 0.1) is 5.92 Å². The zero-order chi connectivity index (χ0) is 6.73. The zero-order valence-corrected chi connectivity index (χ0v) is 6.68. The minimum absolute atomic E-state index is 0.421. The van der Waals surface area contributed by atoms with Crippen molar-refractivity contribution in [2.24, 2.45) is 5.92 Å². The molecule has 0 aliphatic carbocycles. The van der Waals surface area contributed by atoms with E-state index in [1.807, 2.05) is 22.6 Å². The summed E-state index contributed by atoms with van der Waals surface area (Å²) in [4.78, 5) is 10.1. The first-order valence-corrected chi connectivity index (χ1v) is 3.20. The molecule has 0 heterocycles. The fourth-order valence-corrected chi connectivity index (χ4v) is 0.400. The van der Waals surface area contributed by atoms with Crippen molar-refractivity contribution in [1.82, 2.24) is 0 Å². The Labute approximate surface area is 61.7 Å². The molecule has 0 spiro atoms. The molecule has 0 bridgehead atoms. The van der Waals surface area contributed by atoms with Gasteiger partial charge in [-0.3, -0.25) is 4.79 Å². The largest absolute Gasteiger partial charge is 0.481 e. The number of carboxylic acid groups (broad SMARTS) is 1. The van der Waals surface area contributed by atoms with Crippen LogP contribution >= 0.6 is 22.6 Å². The predicted octanol–water partition coefficient (Wildman–Crippen LogP) is 1.66. The van der Waals surface area contributed by atoms with Crippen molar-refractivity contribution in [2.45, 2.75) is 6.92 Å². The Morgan fingerprint density at radius 3 is 2.25 bits per heavy atom. The molecule has 0 saturated heterocycles. The number of hydrogen-bond acceptors (Lipinski definition) is 1. The van der Waals surface area contributed by atoms with Crippen molar-refractivity contribution in [3.05, 3.63) is 10.2 Å². The number of aliphatic carboxylic acids is 1. The summed E-state index contributed by atoms with van der Waals surface area (Å²) in [6.07, 6.45) is 0. The molecule has 1 N–H and O–H groups in total. The van der Waals surface area contributed by atoms with Gasteiger partial charge in [0.15, 0.2) is 0 Å². The molecule has 2 nitrogen and oxygen atoms in total. The maximum Gasteiger partial charge on any atom is 0.311 e. The number of carbonyl (C=O) groups is 1. The lowest BCUT2D eigenvalue weighted by atomic mass is 10.2. The molecule has 0 aliphatic rings. The van der Waals surface area contributed by atoms with Gasteiger partial charge in [0.2, 0.25) is 0 Å². The first kappa shape index (κ1) is 7.94. The average molecular weight is 226 g/mol. The van der Waals surface area contributed by atoms with Crippen molar-refractivity contribution in [1.29, 1.82) is 0 Å². The molecule has 0 aromatic heterocycles. The smallest absolute Gasteiger partial charge is 0.311 e. The third-order valence-corrected chi connectivity index (χ3v) is 1.77. The van der Waals surface area contributed by atoms with E-state index in [2.05, 4.69) is 6.58 Å². The Bertz CT molecular complexity index is 106. The minimum atomic E-state index is -0.815. The van der Waals surface area contributed by atoms with Crippen molar-refractivity contribution in [2.75, 3.05) is 0 Å². The zero-order valence-electron chi connectivity index (χ0n) is 4.52. The van der Waals surface area contributed by atoms with Crippen LogP contribution in [-0.2, 0) is 4.79 Å². The van der Waals surface area contributed by atoms with Crippen LogP contribution in [-0.4, -0.2) is 11.1 Å². The van der Waals surface area contributed by atoms with Crippen molar-refractivity contribution in [3.8, 4) is 0 Å². The van der Waals surface area contributed by atoms with E-state index in [1.54, 1.807) is 6.92 Å². The first-order valence-electron chi connectivity index (χ1n) is 2.12. The molecular weight excluding hydrogens is 219 g/mol. The molecule has 0 fully saturated rings. The molecule has 1 atom stereocenters. The fourth-order valence-electron chi connectivity index (χ4n) is 0.134.